The third-order valence-electron chi connectivity index (χ3n) is 4.90. The van der Waals surface area contributed by atoms with Crippen molar-refractivity contribution in [2.75, 3.05) is 18.4 Å². The second kappa shape index (κ2) is 7.31. The summed E-state index contributed by atoms with van der Waals surface area (Å²) < 4.78 is 0. The van der Waals surface area contributed by atoms with E-state index in [4.69, 9.17) is 4.98 Å². The van der Waals surface area contributed by atoms with E-state index in [1.807, 2.05) is 37.3 Å². The molecule has 0 bridgehead atoms. The quantitative estimate of drug-likeness (QED) is 0.570. The molecule has 3 heterocycles. The van der Waals surface area contributed by atoms with Crippen LogP contribution in [0.15, 0.2) is 55.3 Å². The topological polar surface area (TPSA) is 82.7 Å². The maximum atomic E-state index is 12.3. The number of anilines is 1. The van der Waals surface area contributed by atoms with Gasteiger partial charge in [-0.05, 0) is 25.5 Å². The third-order valence-corrected chi connectivity index (χ3v) is 4.90. The van der Waals surface area contributed by atoms with E-state index in [-0.39, 0.29) is 11.8 Å². The summed E-state index contributed by atoms with van der Waals surface area (Å²) in [6.45, 7) is 11.0. The Kier molecular flexibility index (Phi) is 4.69. The summed E-state index contributed by atoms with van der Waals surface area (Å²) in [5, 5.41) is 6.19. The number of carbonyl (C=O) groups excluding carboxylic acids is 1. The molecule has 1 atom stereocenters. The number of carbonyl (C=O) groups is 1. The Morgan fingerprint density at radius 1 is 1.39 bits per heavy atom. The highest BCUT2D eigenvalue weighted by atomic mass is 16.1. The number of aromatic amines is 1. The van der Waals surface area contributed by atoms with E-state index >= 15 is 0 Å². The van der Waals surface area contributed by atoms with E-state index < -0.39 is 0 Å². The van der Waals surface area contributed by atoms with Gasteiger partial charge in [-0.3, -0.25) is 9.78 Å². The number of para-hydroxylation sites is 1. The number of aromatic nitrogens is 3. The number of nitrogens with one attached hydrogen (secondary N) is 3. The monoisotopic (exact) mass is 373 g/mol. The third kappa shape index (κ3) is 3.29. The molecule has 0 aliphatic carbocycles. The average molecular weight is 373 g/mol. The van der Waals surface area contributed by atoms with E-state index in [0.717, 1.165) is 40.0 Å². The zero-order valence-corrected chi connectivity index (χ0v) is 15.9. The van der Waals surface area contributed by atoms with Crippen molar-refractivity contribution in [3.8, 4) is 11.3 Å². The van der Waals surface area contributed by atoms with Crippen LogP contribution in [-0.2, 0) is 0 Å². The zero-order valence-electron chi connectivity index (χ0n) is 15.9. The van der Waals surface area contributed by atoms with Crippen LogP contribution in [-0.4, -0.2) is 33.9 Å². The molecule has 1 aliphatic heterocycles. The number of allylic oxidation sites excluding steroid dienone is 1. The molecule has 0 saturated heterocycles. The lowest BCUT2D eigenvalue weighted by atomic mass is 9.94. The van der Waals surface area contributed by atoms with Gasteiger partial charge in [-0.25, -0.2) is 4.98 Å². The van der Waals surface area contributed by atoms with Gasteiger partial charge in [-0.2, -0.15) is 0 Å². The molecule has 0 spiro atoms. The number of hydrogen-bond acceptors (Lipinski definition) is 4. The molecule has 2 aromatic heterocycles. The summed E-state index contributed by atoms with van der Waals surface area (Å²) in [4.78, 5) is 25.1. The van der Waals surface area contributed by atoms with E-state index in [2.05, 4.69) is 33.8 Å². The van der Waals surface area contributed by atoms with Gasteiger partial charge in [0.2, 0.25) is 0 Å². The predicted molar refractivity (Wildman–Crippen MR) is 113 cm³/mol. The number of fused-ring (bicyclic) bond motifs is 2. The molecule has 28 heavy (non-hydrogen) atoms. The number of nitrogens with zero attached hydrogens (tertiary/aromatic N) is 2. The molecule has 0 saturated carbocycles. The molecule has 1 aliphatic rings. The summed E-state index contributed by atoms with van der Waals surface area (Å²) in [5.41, 5.74) is 6.05. The van der Waals surface area contributed by atoms with Crippen LogP contribution in [0, 0.1) is 0 Å². The van der Waals surface area contributed by atoms with Gasteiger partial charge in [0.15, 0.2) is 0 Å². The lowest BCUT2D eigenvalue weighted by Crippen LogP contribution is -2.34. The fourth-order valence-electron chi connectivity index (χ4n) is 3.52. The molecule has 3 N–H and O–H groups in total. The zero-order chi connectivity index (χ0) is 19.7. The first-order valence-electron chi connectivity index (χ1n) is 9.33. The fourth-order valence-corrected chi connectivity index (χ4v) is 3.52. The van der Waals surface area contributed by atoms with E-state index in [1.54, 1.807) is 6.20 Å². The van der Waals surface area contributed by atoms with E-state index in [1.165, 1.54) is 0 Å². The molecule has 6 heteroatoms. The minimum atomic E-state index is -0.0482. The minimum absolute atomic E-state index is 0.0482. The van der Waals surface area contributed by atoms with E-state index in [9.17, 15) is 4.79 Å². The fraction of sp³-hybridized carbons (Fsp3) is 0.227. The van der Waals surface area contributed by atoms with Crippen molar-refractivity contribution in [2.45, 2.75) is 19.3 Å². The van der Waals surface area contributed by atoms with Crippen molar-refractivity contribution in [3.05, 3.63) is 66.5 Å². The first kappa shape index (κ1) is 18.0. The highest BCUT2D eigenvalue weighted by Gasteiger charge is 2.27. The van der Waals surface area contributed by atoms with Crippen LogP contribution >= 0.6 is 0 Å². The van der Waals surface area contributed by atoms with Crippen LogP contribution in [0.2, 0.25) is 0 Å². The maximum absolute atomic E-state index is 12.3. The molecular weight excluding hydrogens is 350 g/mol. The minimum Gasteiger partial charge on any atom is -0.365 e. The van der Waals surface area contributed by atoms with Gasteiger partial charge in [-0.1, -0.05) is 30.4 Å². The van der Waals surface area contributed by atoms with Gasteiger partial charge in [-0.15, -0.1) is 6.58 Å². The Labute approximate surface area is 163 Å². The Balaban J connectivity index is 1.79. The molecule has 4 rings (SSSR count). The summed E-state index contributed by atoms with van der Waals surface area (Å²) in [6, 6.07) is 7.79. The van der Waals surface area contributed by atoms with Gasteiger partial charge in [0.25, 0.3) is 5.91 Å². The number of rotatable bonds is 6. The number of H-pyrrole nitrogens is 1. The SMILES string of the molecule is C=CCC1CNC(=O)c2cc(-c3cccc4ncc(NCC(=C)C)nc34)[nH]c21. The van der Waals surface area contributed by atoms with Crippen LogP contribution in [0.4, 0.5) is 5.82 Å². The van der Waals surface area contributed by atoms with Gasteiger partial charge < -0.3 is 15.6 Å². The second-order valence-electron chi connectivity index (χ2n) is 7.18. The highest BCUT2D eigenvalue weighted by Crippen LogP contribution is 2.33. The van der Waals surface area contributed by atoms with Crippen molar-refractivity contribution in [2.24, 2.45) is 0 Å². The van der Waals surface area contributed by atoms with Crippen LogP contribution in [0.25, 0.3) is 22.3 Å². The van der Waals surface area contributed by atoms with Crippen molar-refractivity contribution in [1.82, 2.24) is 20.3 Å². The largest absolute Gasteiger partial charge is 0.365 e. The molecule has 1 unspecified atom stereocenters. The molecule has 0 fully saturated rings. The van der Waals surface area contributed by atoms with Crippen LogP contribution in [0.1, 0.15) is 35.3 Å². The number of hydrogen-bond donors (Lipinski definition) is 3. The molecular formula is C22H23N5O. The Hall–Kier alpha value is -3.41. The molecule has 3 aromatic rings. The van der Waals surface area contributed by atoms with Gasteiger partial charge >= 0.3 is 0 Å². The summed E-state index contributed by atoms with van der Waals surface area (Å²) >= 11 is 0. The van der Waals surface area contributed by atoms with Crippen molar-refractivity contribution in [3.63, 3.8) is 0 Å². The van der Waals surface area contributed by atoms with Crippen molar-refractivity contribution < 1.29 is 4.79 Å². The first-order valence-corrected chi connectivity index (χ1v) is 9.33. The average Bonchev–Trinajstić information content (AvgIpc) is 3.14. The van der Waals surface area contributed by atoms with Crippen molar-refractivity contribution in [1.29, 1.82) is 0 Å². The molecule has 6 nitrogen and oxygen atoms in total. The lowest BCUT2D eigenvalue weighted by Gasteiger charge is -2.21. The van der Waals surface area contributed by atoms with Gasteiger partial charge in [0.05, 0.1) is 17.3 Å². The lowest BCUT2D eigenvalue weighted by molar-refractivity contribution is 0.0940. The highest BCUT2D eigenvalue weighted by molar-refractivity contribution is 6.00. The summed E-state index contributed by atoms with van der Waals surface area (Å²) in [6.07, 6.45) is 4.41. The maximum Gasteiger partial charge on any atom is 0.253 e. The molecule has 142 valence electrons. The Morgan fingerprint density at radius 2 is 2.25 bits per heavy atom. The predicted octanol–water partition coefficient (Wildman–Crippen LogP) is 4.02. The van der Waals surface area contributed by atoms with Crippen LogP contribution in [0.5, 0.6) is 0 Å². The smallest absolute Gasteiger partial charge is 0.253 e. The number of benzene rings is 1. The van der Waals surface area contributed by atoms with Gasteiger partial charge in [0.1, 0.15) is 11.3 Å². The van der Waals surface area contributed by atoms with Crippen molar-refractivity contribution >= 4 is 22.8 Å². The molecule has 1 amide bonds. The molecule has 0 radical (unpaired) electrons. The van der Waals surface area contributed by atoms with Crippen LogP contribution in [0.3, 0.4) is 0 Å². The van der Waals surface area contributed by atoms with Crippen LogP contribution < -0.4 is 10.6 Å². The number of amides is 1. The Bertz CT molecular complexity index is 1080. The first-order chi connectivity index (χ1) is 13.6. The second-order valence-corrected chi connectivity index (χ2v) is 7.18. The summed E-state index contributed by atoms with van der Waals surface area (Å²) in [5.74, 6) is 0.849. The normalized spacial score (nSPS) is 15.8. The summed E-state index contributed by atoms with van der Waals surface area (Å²) in [7, 11) is 0. The van der Waals surface area contributed by atoms with E-state index in [0.29, 0.717) is 24.5 Å². The standard InChI is InChI=1S/C22H23N5O/c1-4-6-14-11-25-22(28)16-9-18(26-20(14)16)15-7-5-8-17-21(15)27-19(12-23-17)24-10-13(2)3/h4-5,7-9,12,14,26H,1-2,6,10-11H2,3H3,(H,24,27)(H,25,28). The van der Waals surface area contributed by atoms with Gasteiger partial charge in [0, 0.05) is 36.0 Å². The Morgan fingerprint density at radius 3 is 3.04 bits per heavy atom. The molecule has 1 aromatic carbocycles.